The number of nitrogens with zero attached hydrogens (tertiary/aromatic N) is 1. The van der Waals surface area contributed by atoms with Gasteiger partial charge < -0.3 is 10.2 Å². The van der Waals surface area contributed by atoms with Crippen LogP contribution in [-0.4, -0.2) is 43.2 Å². The molecule has 1 amide bonds. The molecule has 1 heterocycles. The molecule has 0 spiro atoms. The van der Waals surface area contributed by atoms with Crippen molar-refractivity contribution in [3.63, 3.8) is 0 Å². The molecule has 1 N–H and O–H groups in total. The van der Waals surface area contributed by atoms with Gasteiger partial charge in [-0.3, -0.25) is 4.79 Å². The molecule has 1 rings (SSSR count). The number of halogens is 3. The Morgan fingerprint density at radius 1 is 1.50 bits per heavy atom. The lowest BCUT2D eigenvalue weighted by Gasteiger charge is -2.37. The number of amides is 1. The third-order valence-electron chi connectivity index (χ3n) is 2.98. The zero-order valence-electron chi connectivity index (χ0n) is 9.47. The van der Waals surface area contributed by atoms with E-state index in [2.05, 4.69) is 5.32 Å². The second-order valence-corrected chi connectivity index (χ2v) is 4.29. The van der Waals surface area contributed by atoms with Crippen molar-refractivity contribution in [1.29, 1.82) is 0 Å². The number of alkyl halides is 3. The van der Waals surface area contributed by atoms with E-state index < -0.39 is 18.5 Å². The molecule has 1 saturated heterocycles. The molecule has 94 valence electrons. The summed E-state index contributed by atoms with van der Waals surface area (Å²) in [5.41, 5.74) is 0. The molecule has 3 nitrogen and oxygen atoms in total. The summed E-state index contributed by atoms with van der Waals surface area (Å²) in [6.07, 6.45) is -5.04. The van der Waals surface area contributed by atoms with E-state index >= 15 is 0 Å². The number of piperidine rings is 1. The summed E-state index contributed by atoms with van der Waals surface area (Å²) < 4.78 is 36.1. The monoisotopic (exact) mass is 238 g/mol. The van der Waals surface area contributed by atoms with Crippen LogP contribution in [0.25, 0.3) is 0 Å². The van der Waals surface area contributed by atoms with Gasteiger partial charge in [0.1, 0.15) is 6.42 Å². The van der Waals surface area contributed by atoms with Gasteiger partial charge in [0, 0.05) is 19.1 Å². The summed E-state index contributed by atoms with van der Waals surface area (Å²) in [6.45, 7) is 2.75. The first-order valence-electron chi connectivity index (χ1n) is 5.35. The Morgan fingerprint density at radius 3 is 2.56 bits per heavy atom. The Hall–Kier alpha value is -0.780. The van der Waals surface area contributed by atoms with Crippen LogP contribution in [0, 0.1) is 5.92 Å². The van der Waals surface area contributed by atoms with E-state index in [1.807, 2.05) is 14.0 Å². The van der Waals surface area contributed by atoms with Crippen LogP contribution in [0.15, 0.2) is 0 Å². The van der Waals surface area contributed by atoms with Crippen LogP contribution in [-0.2, 0) is 4.79 Å². The number of hydrogen-bond acceptors (Lipinski definition) is 2. The molecule has 0 bridgehead atoms. The molecule has 0 radical (unpaired) electrons. The molecule has 0 aromatic rings. The SMILES string of the molecule is CNC1CCN(C(=O)CC(F)(F)F)CC1C. The van der Waals surface area contributed by atoms with Crippen molar-refractivity contribution in [3.8, 4) is 0 Å². The van der Waals surface area contributed by atoms with E-state index in [1.165, 1.54) is 4.90 Å². The second kappa shape index (κ2) is 5.03. The molecule has 1 aliphatic rings. The minimum absolute atomic E-state index is 0.191. The van der Waals surface area contributed by atoms with Gasteiger partial charge in [-0.2, -0.15) is 13.2 Å². The van der Waals surface area contributed by atoms with E-state index in [4.69, 9.17) is 0 Å². The lowest BCUT2D eigenvalue weighted by Crippen LogP contribution is -2.49. The maximum atomic E-state index is 12.0. The predicted molar refractivity (Wildman–Crippen MR) is 53.9 cm³/mol. The van der Waals surface area contributed by atoms with Gasteiger partial charge in [0.25, 0.3) is 0 Å². The summed E-state index contributed by atoms with van der Waals surface area (Å²) in [4.78, 5) is 12.7. The first kappa shape index (κ1) is 13.3. The normalized spacial score (nSPS) is 26.9. The van der Waals surface area contributed by atoms with E-state index in [9.17, 15) is 18.0 Å². The highest BCUT2D eigenvalue weighted by Gasteiger charge is 2.35. The molecular weight excluding hydrogens is 221 g/mol. The molecule has 2 atom stereocenters. The van der Waals surface area contributed by atoms with Gasteiger partial charge >= 0.3 is 6.18 Å². The van der Waals surface area contributed by atoms with Gasteiger partial charge in [0.2, 0.25) is 5.91 Å². The smallest absolute Gasteiger partial charge is 0.342 e. The van der Waals surface area contributed by atoms with Crippen molar-refractivity contribution in [2.24, 2.45) is 5.92 Å². The first-order chi connectivity index (χ1) is 7.33. The van der Waals surface area contributed by atoms with Crippen LogP contribution < -0.4 is 5.32 Å². The first-order valence-corrected chi connectivity index (χ1v) is 5.35. The van der Waals surface area contributed by atoms with Gasteiger partial charge in [-0.25, -0.2) is 0 Å². The molecule has 0 aliphatic carbocycles. The molecule has 0 aromatic heterocycles. The largest absolute Gasteiger partial charge is 0.397 e. The Bertz CT molecular complexity index is 255. The summed E-state index contributed by atoms with van der Waals surface area (Å²) in [5, 5.41) is 3.10. The van der Waals surface area contributed by atoms with Crippen LogP contribution in [0.3, 0.4) is 0 Å². The molecule has 0 saturated carbocycles. The Morgan fingerprint density at radius 2 is 2.12 bits per heavy atom. The van der Waals surface area contributed by atoms with Crippen LogP contribution in [0.2, 0.25) is 0 Å². The van der Waals surface area contributed by atoms with Crippen LogP contribution >= 0.6 is 0 Å². The van der Waals surface area contributed by atoms with Crippen molar-refractivity contribution in [2.75, 3.05) is 20.1 Å². The van der Waals surface area contributed by atoms with Gasteiger partial charge in [-0.15, -0.1) is 0 Å². The van der Waals surface area contributed by atoms with Gasteiger partial charge in [-0.1, -0.05) is 6.92 Å². The summed E-state index contributed by atoms with van der Waals surface area (Å²) in [5.74, 6) is -0.621. The molecule has 16 heavy (non-hydrogen) atoms. The minimum atomic E-state index is -4.40. The second-order valence-electron chi connectivity index (χ2n) is 4.29. The minimum Gasteiger partial charge on any atom is -0.342 e. The topological polar surface area (TPSA) is 32.3 Å². The van der Waals surface area contributed by atoms with Crippen molar-refractivity contribution < 1.29 is 18.0 Å². The van der Waals surface area contributed by atoms with Gasteiger partial charge in [0.05, 0.1) is 0 Å². The lowest BCUT2D eigenvalue weighted by atomic mass is 9.94. The molecule has 6 heteroatoms. The predicted octanol–water partition coefficient (Wildman–Crippen LogP) is 1.40. The Labute approximate surface area is 93.0 Å². The highest BCUT2D eigenvalue weighted by molar-refractivity contribution is 5.77. The van der Waals surface area contributed by atoms with Crippen molar-refractivity contribution in [2.45, 2.75) is 32.0 Å². The fourth-order valence-electron chi connectivity index (χ4n) is 2.08. The van der Waals surface area contributed by atoms with Crippen LogP contribution in [0.5, 0.6) is 0 Å². The summed E-state index contributed by atoms with van der Waals surface area (Å²) in [7, 11) is 1.83. The zero-order chi connectivity index (χ0) is 12.3. The molecule has 1 aliphatic heterocycles. The Balaban J connectivity index is 2.48. The maximum absolute atomic E-state index is 12.0. The van der Waals surface area contributed by atoms with Crippen LogP contribution in [0.1, 0.15) is 19.8 Å². The third-order valence-corrected chi connectivity index (χ3v) is 2.98. The van der Waals surface area contributed by atoms with E-state index in [1.54, 1.807) is 0 Å². The van der Waals surface area contributed by atoms with Crippen molar-refractivity contribution in [3.05, 3.63) is 0 Å². The third kappa shape index (κ3) is 3.66. The fraction of sp³-hybridized carbons (Fsp3) is 0.900. The van der Waals surface area contributed by atoms with E-state index in [0.29, 0.717) is 19.5 Å². The lowest BCUT2D eigenvalue weighted by molar-refractivity contribution is -0.162. The maximum Gasteiger partial charge on any atom is 0.397 e. The van der Waals surface area contributed by atoms with Gasteiger partial charge in [0.15, 0.2) is 0 Å². The quantitative estimate of drug-likeness (QED) is 0.788. The molecule has 1 fully saturated rings. The zero-order valence-corrected chi connectivity index (χ0v) is 9.47. The molecule has 0 aromatic carbocycles. The van der Waals surface area contributed by atoms with Crippen molar-refractivity contribution >= 4 is 5.91 Å². The Kier molecular flexibility index (Phi) is 4.18. The summed E-state index contributed by atoms with van der Waals surface area (Å²) in [6, 6.07) is 0.287. The number of likely N-dealkylation sites (tertiary alicyclic amines) is 1. The number of rotatable bonds is 2. The molecular formula is C10H17F3N2O. The standard InChI is InChI=1S/C10H17F3N2O/c1-7-6-15(4-3-8(7)14-2)9(16)5-10(11,12)13/h7-8,14H,3-6H2,1-2H3. The van der Waals surface area contributed by atoms with E-state index in [0.717, 1.165) is 0 Å². The highest BCUT2D eigenvalue weighted by atomic mass is 19.4. The van der Waals surface area contributed by atoms with E-state index in [-0.39, 0.29) is 12.0 Å². The van der Waals surface area contributed by atoms with Gasteiger partial charge in [-0.05, 0) is 19.4 Å². The average Bonchev–Trinajstić information content (AvgIpc) is 2.15. The number of carbonyl (C=O) groups is 1. The fourth-order valence-corrected chi connectivity index (χ4v) is 2.08. The average molecular weight is 238 g/mol. The van der Waals surface area contributed by atoms with Crippen molar-refractivity contribution in [1.82, 2.24) is 10.2 Å². The number of hydrogen-bond donors (Lipinski definition) is 1. The highest BCUT2D eigenvalue weighted by Crippen LogP contribution is 2.23. The summed E-state index contributed by atoms with van der Waals surface area (Å²) >= 11 is 0. The number of nitrogens with one attached hydrogen (secondary N) is 1. The van der Waals surface area contributed by atoms with Crippen LogP contribution in [0.4, 0.5) is 13.2 Å². The molecule has 2 unspecified atom stereocenters. The number of carbonyl (C=O) groups excluding carboxylic acids is 1.